The molecule has 0 spiro atoms. The van der Waals surface area contributed by atoms with Crippen molar-refractivity contribution in [3.63, 3.8) is 0 Å². The first-order chi connectivity index (χ1) is 9.97. The Bertz CT molecular complexity index is 680. The molecule has 0 amide bonds. The summed E-state index contributed by atoms with van der Waals surface area (Å²) in [4.78, 5) is 13.5. The summed E-state index contributed by atoms with van der Waals surface area (Å²) in [6, 6.07) is 5.58. The Morgan fingerprint density at radius 2 is 1.81 bits per heavy atom. The van der Waals surface area contributed by atoms with Crippen LogP contribution in [0.3, 0.4) is 0 Å². The second kappa shape index (κ2) is 6.20. The molecular formula is C15H16F3NO2. The number of fused-ring (bicyclic) bond motifs is 1. The smallest absolute Gasteiger partial charge is 0.336 e. The number of nitrogens with zero attached hydrogens (tertiary/aromatic N) is 1. The minimum Gasteiger partial charge on any atom is -0.423 e. The number of alkyl halides is 3. The molecule has 2 aromatic rings. The molecule has 3 nitrogen and oxygen atoms in total. The molecule has 2 rings (SSSR count). The lowest BCUT2D eigenvalue weighted by molar-refractivity contribution is 0.0501. The zero-order valence-electron chi connectivity index (χ0n) is 11.8. The maximum atomic E-state index is 13.6. The fraction of sp³-hybridized carbons (Fsp3) is 0.400. The summed E-state index contributed by atoms with van der Waals surface area (Å²) in [5.74, 6) is 0. The molecular weight excluding hydrogens is 283 g/mol. The number of benzene rings is 1. The summed E-state index contributed by atoms with van der Waals surface area (Å²) < 4.78 is 43.8. The molecule has 6 heteroatoms. The highest BCUT2D eigenvalue weighted by atomic mass is 19.3. The van der Waals surface area contributed by atoms with Crippen molar-refractivity contribution in [3.05, 3.63) is 40.2 Å². The third-order valence-electron chi connectivity index (χ3n) is 3.41. The molecule has 0 N–H and O–H groups in total. The van der Waals surface area contributed by atoms with E-state index in [0.29, 0.717) is 0 Å². The van der Waals surface area contributed by atoms with Gasteiger partial charge in [0.15, 0.2) is 6.17 Å². The van der Waals surface area contributed by atoms with Crippen molar-refractivity contribution in [3.8, 4) is 0 Å². The van der Waals surface area contributed by atoms with Crippen molar-refractivity contribution in [2.75, 3.05) is 18.0 Å². The van der Waals surface area contributed by atoms with Crippen LogP contribution in [0.1, 0.15) is 25.6 Å². The zero-order chi connectivity index (χ0) is 15.6. The molecule has 1 heterocycles. The van der Waals surface area contributed by atoms with Gasteiger partial charge in [-0.25, -0.2) is 18.0 Å². The first kappa shape index (κ1) is 15.4. The number of rotatable bonds is 5. The Morgan fingerprint density at radius 3 is 2.38 bits per heavy atom. The molecule has 1 atom stereocenters. The van der Waals surface area contributed by atoms with Gasteiger partial charge in [-0.15, -0.1) is 0 Å². The van der Waals surface area contributed by atoms with Gasteiger partial charge in [0.05, 0.1) is 0 Å². The fourth-order valence-corrected chi connectivity index (χ4v) is 2.33. The minimum atomic E-state index is -3.18. The Kier molecular flexibility index (Phi) is 4.55. The SMILES string of the molecule is CCN(CC)c1ccc2c(C(F)C(F)F)cc(=O)oc2c1. The molecule has 0 bridgehead atoms. The largest absolute Gasteiger partial charge is 0.423 e. The van der Waals surface area contributed by atoms with E-state index in [1.54, 1.807) is 12.1 Å². The number of anilines is 1. The summed E-state index contributed by atoms with van der Waals surface area (Å²) in [5, 5.41) is 0.193. The van der Waals surface area contributed by atoms with Crippen LogP contribution in [0.4, 0.5) is 18.9 Å². The lowest BCUT2D eigenvalue weighted by Gasteiger charge is -2.21. The quantitative estimate of drug-likeness (QED) is 0.785. The lowest BCUT2D eigenvalue weighted by Crippen LogP contribution is -2.21. The maximum Gasteiger partial charge on any atom is 0.336 e. The van der Waals surface area contributed by atoms with Crippen molar-refractivity contribution in [2.45, 2.75) is 26.4 Å². The predicted molar refractivity (Wildman–Crippen MR) is 75.9 cm³/mol. The molecule has 0 saturated heterocycles. The van der Waals surface area contributed by atoms with Crippen molar-refractivity contribution < 1.29 is 17.6 Å². The Morgan fingerprint density at radius 1 is 1.14 bits per heavy atom. The predicted octanol–water partition coefficient (Wildman–Crippen LogP) is 3.91. The minimum absolute atomic E-state index is 0.116. The van der Waals surface area contributed by atoms with Crippen LogP contribution in [-0.4, -0.2) is 19.5 Å². The van der Waals surface area contributed by atoms with E-state index in [0.717, 1.165) is 24.8 Å². The van der Waals surface area contributed by atoms with Crippen molar-refractivity contribution in [1.29, 1.82) is 0 Å². The third-order valence-corrected chi connectivity index (χ3v) is 3.41. The molecule has 1 unspecified atom stereocenters. The zero-order valence-corrected chi connectivity index (χ0v) is 11.8. The van der Waals surface area contributed by atoms with Crippen LogP contribution in [-0.2, 0) is 0 Å². The van der Waals surface area contributed by atoms with Gasteiger partial charge in [-0.05, 0) is 26.0 Å². The van der Waals surface area contributed by atoms with Gasteiger partial charge < -0.3 is 9.32 Å². The molecule has 0 saturated carbocycles. The van der Waals surface area contributed by atoms with Crippen LogP contribution in [0.25, 0.3) is 11.0 Å². The molecule has 0 aliphatic rings. The van der Waals surface area contributed by atoms with Gasteiger partial charge in [0.1, 0.15) is 5.58 Å². The monoisotopic (exact) mass is 299 g/mol. The molecule has 114 valence electrons. The summed E-state index contributed by atoms with van der Waals surface area (Å²) in [5.41, 5.74) is -0.259. The van der Waals surface area contributed by atoms with E-state index >= 15 is 0 Å². The van der Waals surface area contributed by atoms with Crippen LogP contribution in [0.5, 0.6) is 0 Å². The number of hydrogen-bond acceptors (Lipinski definition) is 3. The molecule has 0 aliphatic heterocycles. The first-order valence-electron chi connectivity index (χ1n) is 6.72. The molecule has 0 fully saturated rings. The topological polar surface area (TPSA) is 33.5 Å². The number of halogens is 3. The molecule has 21 heavy (non-hydrogen) atoms. The van der Waals surface area contributed by atoms with Crippen molar-refractivity contribution in [1.82, 2.24) is 0 Å². The third kappa shape index (κ3) is 3.04. The Labute approximate surface area is 120 Å². The van der Waals surface area contributed by atoms with Crippen LogP contribution in [0, 0.1) is 0 Å². The molecule has 0 aliphatic carbocycles. The van der Waals surface area contributed by atoms with Gasteiger partial charge in [0.2, 0.25) is 0 Å². The van der Waals surface area contributed by atoms with Crippen LogP contribution < -0.4 is 10.5 Å². The van der Waals surface area contributed by atoms with Crippen LogP contribution in [0.2, 0.25) is 0 Å². The Hall–Kier alpha value is -1.98. The Balaban J connectivity index is 2.62. The number of hydrogen-bond donors (Lipinski definition) is 0. The van der Waals surface area contributed by atoms with E-state index in [9.17, 15) is 18.0 Å². The normalized spacial score (nSPS) is 12.9. The standard InChI is InChI=1S/C15H16F3NO2/c1-3-19(4-2)9-5-6-10-11(14(16)15(17)18)8-13(20)21-12(10)7-9/h5-8,14-15H,3-4H2,1-2H3. The van der Waals surface area contributed by atoms with E-state index in [1.165, 1.54) is 6.07 Å². The highest BCUT2D eigenvalue weighted by molar-refractivity contribution is 5.84. The summed E-state index contributed by atoms with van der Waals surface area (Å²) in [6.45, 7) is 5.42. The summed E-state index contributed by atoms with van der Waals surface area (Å²) >= 11 is 0. The van der Waals surface area contributed by atoms with Gasteiger partial charge in [0.25, 0.3) is 6.43 Å². The van der Waals surface area contributed by atoms with E-state index in [2.05, 4.69) is 0 Å². The van der Waals surface area contributed by atoms with Crippen LogP contribution in [0.15, 0.2) is 33.5 Å². The summed E-state index contributed by atoms with van der Waals surface area (Å²) in [6.07, 6.45) is -5.69. The van der Waals surface area contributed by atoms with Gasteiger partial charge in [-0.3, -0.25) is 0 Å². The summed E-state index contributed by atoms with van der Waals surface area (Å²) in [7, 11) is 0. The second-order valence-corrected chi connectivity index (χ2v) is 4.61. The molecule has 1 aromatic carbocycles. The van der Waals surface area contributed by atoms with Crippen molar-refractivity contribution >= 4 is 16.7 Å². The average Bonchev–Trinajstić information content (AvgIpc) is 2.46. The van der Waals surface area contributed by atoms with Gasteiger partial charge in [0, 0.05) is 41.9 Å². The van der Waals surface area contributed by atoms with Crippen LogP contribution >= 0.6 is 0 Å². The van der Waals surface area contributed by atoms with Gasteiger partial charge >= 0.3 is 5.63 Å². The van der Waals surface area contributed by atoms with E-state index in [1.807, 2.05) is 18.7 Å². The highest BCUT2D eigenvalue weighted by Crippen LogP contribution is 2.31. The van der Waals surface area contributed by atoms with Gasteiger partial charge in [-0.1, -0.05) is 0 Å². The van der Waals surface area contributed by atoms with Crippen molar-refractivity contribution in [2.24, 2.45) is 0 Å². The highest BCUT2D eigenvalue weighted by Gasteiger charge is 2.25. The van der Waals surface area contributed by atoms with E-state index in [4.69, 9.17) is 4.42 Å². The molecule has 1 aromatic heterocycles. The lowest BCUT2D eigenvalue weighted by atomic mass is 10.1. The fourth-order valence-electron chi connectivity index (χ4n) is 2.33. The second-order valence-electron chi connectivity index (χ2n) is 4.61. The van der Waals surface area contributed by atoms with E-state index in [-0.39, 0.29) is 16.5 Å². The van der Waals surface area contributed by atoms with Gasteiger partial charge in [-0.2, -0.15) is 0 Å². The molecule has 0 radical (unpaired) electrons. The first-order valence-corrected chi connectivity index (χ1v) is 6.72. The van der Waals surface area contributed by atoms with E-state index < -0.39 is 18.2 Å². The maximum absolute atomic E-state index is 13.6. The average molecular weight is 299 g/mol.